The molecule has 0 bridgehead atoms. The van der Waals surface area contributed by atoms with E-state index in [4.69, 9.17) is 10.5 Å². The Morgan fingerprint density at radius 2 is 1.79 bits per heavy atom. The highest BCUT2D eigenvalue weighted by atomic mass is 19.4. The number of guanidine groups is 1. The number of halogens is 3. The predicted molar refractivity (Wildman–Crippen MR) is 105 cm³/mol. The third-order valence-corrected chi connectivity index (χ3v) is 3.88. The highest BCUT2D eigenvalue weighted by Crippen LogP contribution is 2.29. The number of terminal acetylenes is 1. The lowest BCUT2D eigenvalue weighted by Crippen LogP contribution is -2.29. The molecule has 0 saturated heterocycles. The second-order valence-corrected chi connectivity index (χ2v) is 5.93. The van der Waals surface area contributed by atoms with Gasteiger partial charge in [0.1, 0.15) is 0 Å². The van der Waals surface area contributed by atoms with Crippen LogP contribution in [0.4, 0.5) is 13.2 Å². The van der Waals surface area contributed by atoms with E-state index in [0.29, 0.717) is 11.5 Å². The van der Waals surface area contributed by atoms with Crippen LogP contribution in [-0.2, 0) is 17.5 Å². The number of ether oxygens (including phenoxy) is 1. The molecule has 1 heterocycles. The van der Waals surface area contributed by atoms with Gasteiger partial charge < -0.3 is 15.4 Å². The van der Waals surface area contributed by atoms with Crippen molar-refractivity contribution < 1.29 is 17.9 Å². The highest BCUT2D eigenvalue weighted by molar-refractivity contribution is 5.79. The molecule has 0 aromatic heterocycles. The largest absolute Gasteiger partial charge is 0.416 e. The Labute approximate surface area is 163 Å². The maximum absolute atomic E-state index is 12.2. The Kier molecular flexibility index (Phi) is 9.06. The van der Waals surface area contributed by atoms with E-state index in [1.54, 1.807) is 6.07 Å². The number of benzene rings is 2. The number of hydrogen-bond donors (Lipinski definition) is 1. The van der Waals surface area contributed by atoms with E-state index in [1.165, 1.54) is 18.7 Å². The van der Waals surface area contributed by atoms with Crippen molar-refractivity contribution in [3.05, 3.63) is 71.3 Å². The number of nitrogens with two attached hydrogens (primary N) is 1. The molecule has 1 aliphatic rings. The number of likely N-dealkylation sites (N-methyl/N-ethyl adjacent to an activating group) is 1. The minimum absolute atomic E-state index is 0.198. The fraction of sp³-hybridized carbons (Fsp3) is 0.286. The first-order valence-corrected chi connectivity index (χ1v) is 8.39. The molecule has 2 N–H and O–H groups in total. The van der Waals surface area contributed by atoms with Gasteiger partial charge in [-0.2, -0.15) is 13.2 Å². The van der Waals surface area contributed by atoms with Crippen LogP contribution >= 0.6 is 0 Å². The van der Waals surface area contributed by atoms with Crippen LogP contribution in [0.5, 0.6) is 0 Å². The Morgan fingerprint density at radius 1 is 1.14 bits per heavy atom. The van der Waals surface area contributed by atoms with Crippen LogP contribution in [0.2, 0.25) is 0 Å². The number of rotatable bonds is 3. The van der Waals surface area contributed by atoms with Gasteiger partial charge in [0.2, 0.25) is 0 Å². The second kappa shape index (κ2) is 11.0. The zero-order valence-corrected chi connectivity index (χ0v) is 15.9. The van der Waals surface area contributed by atoms with Crippen molar-refractivity contribution >= 4 is 5.96 Å². The van der Waals surface area contributed by atoms with Gasteiger partial charge in [-0.1, -0.05) is 42.5 Å². The van der Waals surface area contributed by atoms with E-state index in [0.717, 1.165) is 18.7 Å². The van der Waals surface area contributed by atoms with E-state index >= 15 is 0 Å². The van der Waals surface area contributed by atoms with Crippen LogP contribution in [0.3, 0.4) is 0 Å². The number of alkyl halides is 3. The molecular formula is C21H24F3N3O. The summed E-state index contributed by atoms with van der Waals surface area (Å²) in [6.45, 7) is 1.08. The van der Waals surface area contributed by atoms with Crippen molar-refractivity contribution in [2.75, 3.05) is 20.7 Å². The standard InChI is InChI=1S/C10H13N3.C9H9F3O.C2H2/c1-13-7-9(12-10(13)11)8-5-3-2-4-6-8;1-13-6-7-3-2-4-8(5-7)9(10,11)12;1-2/h2-6,9H,7H2,1H3,(H2,11,12);2-5H,6H2,1H3;1-2H/t9-;;/m0../s1. The predicted octanol–water partition coefficient (Wildman–Crippen LogP) is 4.09. The molecule has 2 aromatic carbocycles. The van der Waals surface area contributed by atoms with Gasteiger partial charge in [0.25, 0.3) is 0 Å². The number of methoxy groups -OCH3 is 1. The molecule has 0 amide bonds. The van der Waals surface area contributed by atoms with Crippen LogP contribution in [-0.4, -0.2) is 31.6 Å². The summed E-state index contributed by atoms with van der Waals surface area (Å²) in [5.74, 6) is 0.633. The summed E-state index contributed by atoms with van der Waals surface area (Å²) in [6, 6.07) is 15.5. The first-order chi connectivity index (χ1) is 13.3. The van der Waals surface area contributed by atoms with E-state index in [9.17, 15) is 13.2 Å². The number of hydrogen-bond acceptors (Lipinski definition) is 4. The molecule has 1 atom stereocenters. The van der Waals surface area contributed by atoms with Gasteiger partial charge in [-0.05, 0) is 23.3 Å². The fourth-order valence-corrected chi connectivity index (χ4v) is 2.51. The molecule has 2 aromatic rings. The first-order valence-electron chi connectivity index (χ1n) is 8.39. The fourth-order valence-electron chi connectivity index (χ4n) is 2.51. The zero-order chi connectivity index (χ0) is 21.2. The molecule has 0 spiro atoms. The topological polar surface area (TPSA) is 50.8 Å². The summed E-state index contributed by atoms with van der Waals surface area (Å²) in [6.07, 6.45) is 3.73. The normalized spacial score (nSPS) is 15.6. The molecule has 0 saturated carbocycles. The Bertz CT molecular complexity index is 773. The average molecular weight is 391 g/mol. The average Bonchev–Trinajstić information content (AvgIpc) is 3.03. The minimum atomic E-state index is -4.27. The van der Waals surface area contributed by atoms with Crippen LogP contribution in [0.15, 0.2) is 59.6 Å². The van der Waals surface area contributed by atoms with Crippen molar-refractivity contribution in [2.24, 2.45) is 10.7 Å². The van der Waals surface area contributed by atoms with Crippen LogP contribution in [0.25, 0.3) is 0 Å². The lowest BCUT2D eigenvalue weighted by molar-refractivity contribution is -0.137. The van der Waals surface area contributed by atoms with Gasteiger partial charge >= 0.3 is 6.18 Å². The molecule has 0 radical (unpaired) electrons. The summed E-state index contributed by atoms with van der Waals surface area (Å²) in [7, 11) is 3.40. The van der Waals surface area contributed by atoms with Gasteiger partial charge in [-0.3, -0.25) is 0 Å². The molecular weight excluding hydrogens is 367 g/mol. The molecule has 150 valence electrons. The summed E-state index contributed by atoms with van der Waals surface area (Å²) in [5.41, 5.74) is 6.80. The van der Waals surface area contributed by atoms with Crippen LogP contribution < -0.4 is 5.73 Å². The van der Waals surface area contributed by atoms with Crippen LogP contribution in [0, 0.1) is 12.8 Å². The van der Waals surface area contributed by atoms with E-state index in [1.807, 2.05) is 30.1 Å². The van der Waals surface area contributed by atoms with Gasteiger partial charge in [0, 0.05) is 20.7 Å². The molecule has 0 unspecified atom stereocenters. The highest BCUT2D eigenvalue weighted by Gasteiger charge is 2.30. The van der Waals surface area contributed by atoms with Gasteiger partial charge in [-0.25, -0.2) is 4.99 Å². The Hall–Kier alpha value is -2.98. The maximum atomic E-state index is 12.2. The summed E-state index contributed by atoms with van der Waals surface area (Å²) in [5, 5.41) is 0. The molecule has 4 nitrogen and oxygen atoms in total. The number of aliphatic imine (C=N–C) groups is 1. The summed E-state index contributed by atoms with van der Waals surface area (Å²) < 4.78 is 41.2. The van der Waals surface area contributed by atoms with E-state index in [2.05, 4.69) is 30.0 Å². The third kappa shape index (κ3) is 6.97. The van der Waals surface area contributed by atoms with Crippen molar-refractivity contribution in [1.82, 2.24) is 4.90 Å². The van der Waals surface area contributed by atoms with Gasteiger partial charge in [0.05, 0.1) is 18.2 Å². The molecule has 1 aliphatic heterocycles. The quantitative estimate of drug-likeness (QED) is 0.802. The monoisotopic (exact) mass is 391 g/mol. The van der Waals surface area contributed by atoms with Crippen molar-refractivity contribution in [3.8, 4) is 12.8 Å². The lowest BCUT2D eigenvalue weighted by atomic mass is 10.1. The minimum Gasteiger partial charge on any atom is -0.380 e. The van der Waals surface area contributed by atoms with E-state index < -0.39 is 11.7 Å². The number of nitrogens with zero attached hydrogens (tertiary/aromatic N) is 2. The second-order valence-electron chi connectivity index (χ2n) is 5.93. The Balaban J connectivity index is 0.000000257. The van der Waals surface area contributed by atoms with E-state index in [-0.39, 0.29) is 12.6 Å². The maximum Gasteiger partial charge on any atom is 0.416 e. The summed E-state index contributed by atoms with van der Waals surface area (Å²) >= 11 is 0. The van der Waals surface area contributed by atoms with Crippen LogP contribution in [0.1, 0.15) is 22.7 Å². The lowest BCUT2D eigenvalue weighted by Gasteiger charge is -2.11. The molecule has 3 rings (SSSR count). The van der Waals surface area contributed by atoms with Gasteiger partial charge in [-0.15, -0.1) is 12.8 Å². The van der Waals surface area contributed by atoms with Crippen molar-refractivity contribution in [2.45, 2.75) is 18.8 Å². The molecule has 7 heteroatoms. The van der Waals surface area contributed by atoms with Crippen molar-refractivity contribution in [3.63, 3.8) is 0 Å². The smallest absolute Gasteiger partial charge is 0.380 e. The molecule has 28 heavy (non-hydrogen) atoms. The van der Waals surface area contributed by atoms with Gasteiger partial charge in [0.15, 0.2) is 5.96 Å². The summed E-state index contributed by atoms with van der Waals surface area (Å²) in [4.78, 5) is 6.33. The Morgan fingerprint density at radius 3 is 2.29 bits per heavy atom. The zero-order valence-electron chi connectivity index (χ0n) is 15.9. The molecule has 0 aliphatic carbocycles. The first kappa shape index (κ1) is 23.1. The molecule has 0 fully saturated rings. The SMILES string of the molecule is C#C.CN1C[C@@H](c2ccccc2)N=C1N.COCc1cccc(C(F)(F)F)c1. The third-order valence-electron chi connectivity index (χ3n) is 3.88. The van der Waals surface area contributed by atoms with Crippen molar-refractivity contribution in [1.29, 1.82) is 0 Å².